The lowest BCUT2D eigenvalue weighted by atomic mass is 10.2. The highest BCUT2D eigenvalue weighted by Crippen LogP contribution is 2.27. The van der Waals surface area contributed by atoms with Crippen LogP contribution in [0.2, 0.25) is 5.02 Å². The van der Waals surface area contributed by atoms with Gasteiger partial charge >= 0.3 is 0 Å². The minimum Gasteiger partial charge on any atom is -0.233 e. The standard InChI is InChI=1S/C8H3BrClFO/c9-7-6(10)2-1-5(3-4-12)8(7)11/h1-3H. The van der Waals surface area contributed by atoms with Crippen LogP contribution >= 0.6 is 27.5 Å². The van der Waals surface area contributed by atoms with E-state index in [1.807, 2.05) is 0 Å². The topological polar surface area (TPSA) is 17.1 Å². The van der Waals surface area contributed by atoms with Gasteiger partial charge in [0.15, 0.2) is 0 Å². The maximum Gasteiger partial charge on any atom is 0.146 e. The molecule has 1 aromatic rings. The number of benzene rings is 1. The molecule has 0 amide bonds. The average molecular weight is 249 g/mol. The minimum atomic E-state index is -0.550. The summed E-state index contributed by atoms with van der Waals surface area (Å²) in [6.07, 6.45) is 1.01. The maximum absolute atomic E-state index is 13.1. The molecule has 0 fully saturated rings. The van der Waals surface area contributed by atoms with E-state index in [0.717, 1.165) is 6.08 Å². The summed E-state index contributed by atoms with van der Waals surface area (Å²) in [6.45, 7) is 0. The van der Waals surface area contributed by atoms with Crippen LogP contribution in [0.25, 0.3) is 6.08 Å². The van der Waals surface area contributed by atoms with E-state index >= 15 is 0 Å². The van der Waals surface area contributed by atoms with Crippen LogP contribution in [0.5, 0.6) is 0 Å². The molecule has 0 bridgehead atoms. The normalized spacial score (nSPS) is 9.25. The molecule has 12 heavy (non-hydrogen) atoms. The highest BCUT2D eigenvalue weighted by molar-refractivity contribution is 9.10. The lowest BCUT2D eigenvalue weighted by Crippen LogP contribution is -1.84. The molecular formula is C8H3BrClFO. The van der Waals surface area contributed by atoms with E-state index in [1.165, 1.54) is 18.1 Å². The second-order valence-electron chi connectivity index (χ2n) is 2.03. The smallest absolute Gasteiger partial charge is 0.146 e. The van der Waals surface area contributed by atoms with Crippen LogP contribution in [-0.4, -0.2) is 5.94 Å². The van der Waals surface area contributed by atoms with E-state index < -0.39 is 5.82 Å². The Morgan fingerprint density at radius 2 is 2.25 bits per heavy atom. The van der Waals surface area contributed by atoms with Gasteiger partial charge < -0.3 is 0 Å². The van der Waals surface area contributed by atoms with Gasteiger partial charge in [-0.2, -0.15) is 0 Å². The van der Waals surface area contributed by atoms with Gasteiger partial charge in [0, 0.05) is 11.6 Å². The van der Waals surface area contributed by atoms with Gasteiger partial charge in [-0.25, -0.2) is 9.18 Å². The van der Waals surface area contributed by atoms with Gasteiger partial charge in [0.1, 0.15) is 11.8 Å². The zero-order valence-electron chi connectivity index (χ0n) is 5.77. The molecular weight excluding hydrogens is 246 g/mol. The first-order valence-corrected chi connectivity index (χ1v) is 4.18. The second-order valence-corrected chi connectivity index (χ2v) is 3.23. The molecule has 0 heterocycles. The zero-order chi connectivity index (χ0) is 9.14. The van der Waals surface area contributed by atoms with Crippen molar-refractivity contribution in [1.29, 1.82) is 0 Å². The highest BCUT2D eigenvalue weighted by atomic mass is 79.9. The first-order chi connectivity index (χ1) is 5.66. The fourth-order valence-electron chi connectivity index (χ4n) is 0.716. The Balaban J connectivity index is 3.35. The fourth-order valence-corrected chi connectivity index (χ4v) is 1.22. The lowest BCUT2D eigenvalue weighted by Gasteiger charge is -1.99. The summed E-state index contributed by atoms with van der Waals surface area (Å²) < 4.78 is 13.3. The molecule has 1 rings (SSSR count). The van der Waals surface area contributed by atoms with Crippen molar-refractivity contribution in [3.63, 3.8) is 0 Å². The quantitative estimate of drug-likeness (QED) is 0.552. The van der Waals surface area contributed by atoms with E-state index in [9.17, 15) is 9.18 Å². The van der Waals surface area contributed by atoms with Crippen molar-refractivity contribution in [3.05, 3.63) is 33.0 Å². The molecule has 0 aromatic heterocycles. The lowest BCUT2D eigenvalue weighted by molar-refractivity contribution is 0.569. The number of hydrogen-bond donors (Lipinski definition) is 0. The predicted molar refractivity (Wildman–Crippen MR) is 49.3 cm³/mol. The Hall–Kier alpha value is -0.630. The minimum absolute atomic E-state index is 0.160. The number of carbonyl (C=O) groups excluding carboxylic acids is 1. The van der Waals surface area contributed by atoms with E-state index in [-0.39, 0.29) is 15.1 Å². The van der Waals surface area contributed by atoms with Crippen molar-refractivity contribution in [2.75, 3.05) is 0 Å². The van der Waals surface area contributed by atoms with Crippen LogP contribution < -0.4 is 0 Å². The number of halogens is 3. The van der Waals surface area contributed by atoms with Crippen molar-refractivity contribution in [2.45, 2.75) is 0 Å². The van der Waals surface area contributed by atoms with E-state index in [0.29, 0.717) is 0 Å². The second kappa shape index (κ2) is 3.85. The molecule has 0 saturated heterocycles. The van der Waals surface area contributed by atoms with Crippen LogP contribution in [0.4, 0.5) is 4.39 Å². The number of rotatable bonds is 1. The SMILES string of the molecule is O=C=Cc1ccc(Cl)c(Br)c1F. The van der Waals surface area contributed by atoms with E-state index in [2.05, 4.69) is 15.9 Å². The molecule has 1 aromatic carbocycles. The Labute approximate surface area is 82.0 Å². The van der Waals surface area contributed by atoms with Crippen LogP contribution in [0.1, 0.15) is 5.56 Å². The van der Waals surface area contributed by atoms with Crippen molar-refractivity contribution in [1.82, 2.24) is 0 Å². The van der Waals surface area contributed by atoms with Gasteiger partial charge in [-0.15, -0.1) is 0 Å². The Morgan fingerprint density at radius 3 is 2.83 bits per heavy atom. The van der Waals surface area contributed by atoms with Crippen molar-refractivity contribution >= 4 is 39.5 Å². The largest absolute Gasteiger partial charge is 0.233 e. The van der Waals surface area contributed by atoms with E-state index in [1.54, 1.807) is 0 Å². The van der Waals surface area contributed by atoms with Crippen LogP contribution in [0, 0.1) is 5.82 Å². The molecule has 0 atom stereocenters. The monoisotopic (exact) mass is 248 g/mol. The molecule has 0 saturated carbocycles. The Kier molecular flexibility index (Phi) is 3.04. The van der Waals surface area contributed by atoms with Gasteiger partial charge in [0.2, 0.25) is 0 Å². The molecule has 62 valence electrons. The third-order valence-corrected chi connectivity index (χ3v) is 2.60. The summed E-state index contributed by atoms with van der Waals surface area (Å²) in [5.41, 5.74) is 0.168. The Morgan fingerprint density at radius 1 is 1.58 bits per heavy atom. The summed E-state index contributed by atoms with van der Waals surface area (Å²) in [4.78, 5) is 9.93. The summed E-state index contributed by atoms with van der Waals surface area (Å²) in [5.74, 6) is 0.942. The molecule has 1 nitrogen and oxygen atoms in total. The molecule has 0 spiro atoms. The van der Waals surface area contributed by atoms with Gasteiger partial charge in [-0.05, 0) is 28.1 Å². The molecule has 0 aliphatic rings. The van der Waals surface area contributed by atoms with Crippen molar-refractivity contribution < 1.29 is 9.18 Å². The summed E-state index contributed by atoms with van der Waals surface area (Å²) in [7, 11) is 0. The van der Waals surface area contributed by atoms with Crippen molar-refractivity contribution in [2.24, 2.45) is 0 Å². The maximum atomic E-state index is 13.1. The number of hydrogen-bond acceptors (Lipinski definition) is 1. The van der Waals surface area contributed by atoms with Gasteiger partial charge in [-0.3, -0.25) is 0 Å². The summed E-state index contributed by atoms with van der Waals surface area (Å²) >= 11 is 8.53. The molecule has 0 unspecified atom stereocenters. The predicted octanol–water partition coefficient (Wildman–Crippen LogP) is 3.09. The first-order valence-electron chi connectivity index (χ1n) is 3.01. The molecule has 4 heteroatoms. The van der Waals surface area contributed by atoms with Gasteiger partial charge in [0.25, 0.3) is 0 Å². The fraction of sp³-hybridized carbons (Fsp3) is 0. The Bertz CT molecular complexity index is 358. The molecule has 0 aliphatic carbocycles. The zero-order valence-corrected chi connectivity index (χ0v) is 8.12. The van der Waals surface area contributed by atoms with Crippen LogP contribution in [-0.2, 0) is 4.79 Å². The van der Waals surface area contributed by atoms with Crippen molar-refractivity contribution in [3.8, 4) is 0 Å². The third kappa shape index (κ3) is 1.75. The van der Waals surface area contributed by atoms with E-state index in [4.69, 9.17) is 11.6 Å². The summed E-state index contributed by atoms with van der Waals surface area (Å²) in [5, 5.41) is 0.274. The first kappa shape index (κ1) is 9.46. The molecule has 0 aliphatic heterocycles. The van der Waals surface area contributed by atoms with Gasteiger partial charge in [0.05, 0.1) is 9.50 Å². The molecule has 0 radical (unpaired) electrons. The summed E-state index contributed by atoms with van der Waals surface area (Å²) in [6, 6.07) is 2.91. The average Bonchev–Trinajstić information content (AvgIpc) is 2.07. The third-order valence-electron chi connectivity index (χ3n) is 1.28. The van der Waals surface area contributed by atoms with Crippen LogP contribution in [0.3, 0.4) is 0 Å². The molecule has 0 N–H and O–H groups in total. The van der Waals surface area contributed by atoms with Crippen LogP contribution in [0.15, 0.2) is 16.6 Å². The highest BCUT2D eigenvalue weighted by Gasteiger charge is 2.07. The van der Waals surface area contributed by atoms with Gasteiger partial charge in [-0.1, -0.05) is 11.6 Å².